The third-order valence-electron chi connectivity index (χ3n) is 6.49. The first-order chi connectivity index (χ1) is 16.8. The summed E-state index contributed by atoms with van der Waals surface area (Å²) >= 11 is 0. The van der Waals surface area contributed by atoms with Crippen molar-refractivity contribution in [2.75, 3.05) is 35.4 Å². The molecule has 0 N–H and O–H groups in total. The van der Waals surface area contributed by atoms with E-state index in [0.717, 1.165) is 30.1 Å². The summed E-state index contributed by atoms with van der Waals surface area (Å²) in [6, 6.07) is 22.9. The van der Waals surface area contributed by atoms with Gasteiger partial charge in [-0.2, -0.15) is 0 Å². The van der Waals surface area contributed by atoms with Crippen molar-refractivity contribution < 1.29 is 9.53 Å². The summed E-state index contributed by atoms with van der Waals surface area (Å²) in [5.74, 6) is 7.47. The predicted octanol–water partition coefficient (Wildman–Crippen LogP) is 7.07. The van der Waals surface area contributed by atoms with Crippen molar-refractivity contribution in [2.45, 2.75) is 50.3 Å². The minimum atomic E-state index is 0.329. The van der Waals surface area contributed by atoms with E-state index >= 15 is 0 Å². The zero-order chi connectivity index (χ0) is 23.6. The molecule has 3 aromatic carbocycles. The number of fused-ring (bicyclic) bond motifs is 1. The monoisotopic (exact) mass is 494 g/mol. The number of ether oxygens (including phenoxy) is 1. The lowest BCUT2D eigenvalue weighted by Crippen LogP contribution is -2.17. The van der Waals surface area contributed by atoms with Crippen molar-refractivity contribution in [1.82, 2.24) is 0 Å². The second-order valence-corrected chi connectivity index (χ2v) is 13.7. The highest BCUT2D eigenvalue weighted by Crippen LogP contribution is 2.34. The standard InChI is InChI=1S/C18H23OS.C12H15OS/c1-2-3-12-19-17-10-11-18(20-13-6-7-14-20)16-9-5-4-8-15(16)17;13-12(10-14-8-4-5-9-14)11-6-2-1-3-7-11/h4-5,8-11H,2-3,6-7,12-14H2,1H3;1-3,6-7H,4-5,8-10H2/q2*+1. The Hall–Kier alpha value is -1.91. The van der Waals surface area contributed by atoms with Gasteiger partial charge in [-0.1, -0.05) is 61.9 Å². The fourth-order valence-corrected chi connectivity index (χ4v) is 9.33. The van der Waals surface area contributed by atoms with Crippen LogP contribution in [-0.2, 0) is 21.8 Å². The number of hydrogen-bond donors (Lipinski definition) is 0. The van der Waals surface area contributed by atoms with E-state index in [2.05, 4.69) is 43.3 Å². The number of ketones is 1. The van der Waals surface area contributed by atoms with Gasteiger partial charge in [-0.05, 0) is 61.2 Å². The van der Waals surface area contributed by atoms with Gasteiger partial charge in [-0.25, -0.2) is 0 Å². The van der Waals surface area contributed by atoms with Gasteiger partial charge in [-0.3, -0.25) is 4.79 Å². The maximum Gasteiger partial charge on any atom is 0.211 e. The van der Waals surface area contributed by atoms with Crippen LogP contribution in [0.25, 0.3) is 10.8 Å². The molecule has 2 fully saturated rings. The lowest BCUT2D eigenvalue weighted by Gasteiger charge is -2.11. The second-order valence-electron chi connectivity index (χ2n) is 9.08. The van der Waals surface area contributed by atoms with Crippen molar-refractivity contribution in [3.63, 3.8) is 0 Å². The van der Waals surface area contributed by atoms with Gasteiger partial charge in [0.05, 0.1) is 6.61 Å². The minimum Gasteiger partial charge on any atom is -0.493 e. The first kappa shape index (κ1) is 25.2. The Kier molecular flexibility index (Phi) is 9.82. The molecule has 0 aromatic heterocycles. The highest BCUT2D eigenvalue weighted by Gasteiger charge is 2.29. The molecule has 2 saturated heterocycles. The molecule has 0 spiro atoms. The molecule has 0 unspecified atom stereocenters. The van der Waals surface area contributed by atoms with Gasteiger partial charge in [0.15, 0.2) is 10.6 Å². The molecule has 2 heterocycles. The zero-order valence-electron chi connectivity index (χ0n) is 20.5. The Bertz CT molecular complexity index is 1040. The number of unbranched alkanes of at least 4 members (excludes halogenated alkanes) is 1. The van der Waals surface area contributed by atoms with Crippen LogP contribution < -0.4 is 4.74 Å². The Morgan fingerprint density at radius 3 is 2.15 bits per heavy atom. The topological polar surface area (TPSA) is 26.3 Å². The zero-order valence-corrected chi connectivity index (χ0v) is 22.1. The summed E-state index contributed by atoms with van der Waals surface area (Å²) in [5.41, 5.74) is 0.881. The predicted molar refractivity (Wildman–Crippen MR) is 151 cm³/mol. The van der Waals surface area contributed by atoms with Gasteiger partial charge in [0.1, 0.15) is 28.8 Å². The van der Waals surface area contributed by atoms with Gasteiger partial charge < -0.3 is 4.74 Å². The van der Waals surface area contributed by atoms with Gasteiger partial charge in [-0.15, -0.1) is 0 Å². The van der Waals surface area contributed by atoms with E-state index in [1.54, 1.807) is 4.90 Å². The van der Waals surface area contributed by atoms with Crippen LogP contribution in [0.15, 0.2) is 71.6 Å². The quantitative estimate of drug-likeness (QED) is 0.190. The van der Waals surface area contributed by atoms with E-state index in [-0.39, 0.29) is 0 Å². The van der Waals surface area contributed by atoms with Crippen molar-refractivity contribution in [2.24, 2.45) is 0 Å². The molecule has 3 aromatic rings. The Balaban J connectivity index is 0.000000172. The fraction of sp³-hybridized carbons (Fsp3) is 0.433. The molecule has 180 valence electrons. The van der Waals surface area contributed by atoms with Crippen LogP contribution in [-0.4, -0.2) is 41.2 Å². The molecule has 4 heteroatoms. The highest BCUT2D eigenvalue weighted by atomic mass is 32.2. The van der Waals surface area contributed by atoms with Gasteiger partial charge in [0.25, 0.3) is 0 Å². The molecular formula is C30H38O2S2+2. The summed E-state index contributed by atoms with van der Waals surface area (Å²) < 4.78 is 5.98. The number of benzene rings is 3. The van der Waals surface area contributed by atoms with Crippen LogP contribution in [0.2, 0.25) is 0 Å². The molecule has 0 bridgehead atoms. The molecule has 0 atom stereocenters. The molecule has 5 rings (SSSR count). The van der Waals surface area contributed by atoms with Crippen LogP contribution in [0.4, 0.5) is 0 Å². The molecule has 0 saturated carbocycles. The summed E-state index contributed by atoms with van der Waals surface area (Å²) in [7, 11) is 0.856. The van der Waals surface area contributed by atoms with Gasteiger partial charge in [0.2, 0.25) is 5.78 Å². The van der Waals surface area contributed by atoms with Crippen LogP contribution in [0.5, 0.6) is 5.75 Å². The largest absolute Gasteiger partial charge is 0.493 e. The fourth-order valence-electron chi connectivity index (χ4n) is 4.57. The van der Waals surface area contributed by atoms with Crippen molar-refractivity contribution in [3.8, 4) is 5.75 Å². The summed E-state index contributed by atoms with van der Waals surface area (Å²) in [5, 5.41) is 2.70. The van der Waals surface area contributed by atoms with Crippen LogP contribution in [0, 0.1) is 0 Å². The number of carbonyl (C=O) groups is 1. The Morgan fingerprint density at radius 1 is 0.794 bits per heavy atom. The van der Waals surface area contributed by atoms with Gasteiger partial charge >= 0.3 is 0 Å². The van der Waals surface area contributed by atoms with Crippen molar-refractivity contribution >= 4 is 38.3 Å². The molecule has 34 heavy (non-hydrogen) atoms. The number of carbonyl (C=O) groups excluding carboxylic acids is 1. The van der Waals surface area contributed by atoms with Crippen LogP contribution >= 0.6 is 0 Å². The third kappa shape index (κ3) is 6.82. The number of hydrogen-bond acceptors (Lipinski definition) is 2. The SMILES string of the molecule is CCCCOc1ccc([S+]2CCCC2)c2ccccc12.O=C(C[S+]1CCCC1)c1ccccc1. The lowest BCUT2D eigenvalue weighted by atomic mass is 10.1. The van der Waals surface area contributed by atoms with Crippen molar-refractivity contribution in [3.05, 3.63) is 72.3 Å². The van der Waals surface area contributed by atoms with E-state index in [0.29, 0.717) is 27.6 Å². The summed E-state index contributed by atoms with van der Waals surface area (Å²) in [6.45, 7) is 3.03. The minimum absolute atomic E-state index is 0.329. The van der Waals surface area contributed by atoms with Crippen LogP contribution in [0.3, 0.4) is 0 Å². The van der Waals surface area contributed by atoms with E-state index in [4.69, 9.17) is 4.74 Å². The van der Waals surface area contributed by atoms with Gasteiger partial charge in [0, 0.05) is 27.2 Å². The number of rotatable bonds is 8. The summed E-state index contributed by atoms with van der Waals surface area (Å²) in [4.78, 5) is 13.4. The maximum atomic E-state index is 11.8. The molecule has 0 aliphatic carbocycles. The molecular weight excluding hydrogens is 456 g/mol. The maximum absolute atomic E-state index is 11.8. The lowest BCUT2D eigenvalue weighted by molar-refractivity contribution is 0.102. The van der Waals surface area contributed by atoms with E-state index in [1.807, 2.05) is 30.3 Å². The molecule has 2 aliphatic rings. The van der Waals surface area contributed by atoms with Crippen molar-refractivity contribution in [1.29, 1.82) is 0 Å². The van der Waals surface area contributed by atoms with E-state index in [1.165, 1.54) is 65.9 Å². The molecule has 0 radical (unpaired) electrons. The molecule has 2 aliphatic heterocycles. The average molecular weight is 495 g/mol. The summed E-state index contributed by atoms with van der Waals surface area (Å²) in [6.07, 6.45) is 7.74. The second kappa shape index (κ2) is 13.3. The van der Waals surface area contributed by atoms with E-state index in [9.17, 15) is 4.79 Å². The average Bonchev–Trinajstić information content (AvgIpc) is 3.60. The Morgan fingerprint density at radius 2 is 1.44 bits per heavy atom. The highest BCUT2D eigenvalue weighted by molar-refractivity contribution is 7.97. The molecule has 0 amide bonds. The smallest absolute Gasteiger partial charge is 0.211 e. The first-order valence-electron chi connectivity index (χ1n) is 12.8. The number of Topliss-reactive ketones (excluding diaryl/α,β-unsaturated/α-hetero) is 1. The third-order valence-corrected chi connectivity index (χ3v) is 11.4. The Labute approximate surface area is 211 Å². The normalized spacial score (nSPS) is 16.4. The van der Waals surface area contributed by atoms with Crippen LogP contribution in [0.1, 0.15) is 55.8 Å². The molecule has 2 nitrogen and oxygen atoms in total. The van der Waals surface area contributed by atoms with E-state index < -0.39 is 0 Å². The first-order valence-corrected chi connectivity index (χ1v) is 16.1.